The maximum atomic E-state index is 12.5. The zero-order valence-electron chi connectivity index (χ0n) is 12.7. The van der Waals surface area contributed by atoms with Crippen molar-refractivity contribution in [3.63, 3.8) is 0 Å². The van der Waals surface area contributed by atoms with Crippen molar-refractivity contribution in [3.8, 4) is 0 Å². The topological polar surface area (TPSA) is 116 Å². The molecule has 0 bridgehead atoms. The largest absolute Gasteiger partial charge is 0.478 e. The summed E-state index contributed by atoms with van der Waals surface area (Å²) in [6.07, 6.45) is 1.51. The number of carbonyl (C=O) groups is 1. The molecule has 0 radical (unpaired) electrons. The lowest BCUT2D eigenvalue weighted by molar-refractivity contribution is 0.0696. The van der Waals surface area contributed by atoms with Gasteiger partial charge < -0.3 is 15.5 Å². The molecule has 0 amide bonds. The standard InChI is InChI=1S/C14H22N2O5S/c1-3-4-10(2)16-22(20,21)13-9-11(14(18)19)5-6-12(13)15-7-8-17/h5-6,9-10,15-17H,3-4,7-8H2,1-2H3,(H,18,19). The van der Waals surface area contributed by atoms with Gasteiger partial charge in [-0.2, -0.15) is 0 Å². The Balaban J connectivity index is 3.21. The van der Waals surface area contributed by atoms with Gasteiger partial charge in [-0.3, -0.25) is 0 Å². The number of aliphatic hydroxyl groups is 1. The lowest BCUT2D eigenvalue weighted by Gasteiger charge is -2.17. The number of benzene rings is 1. The summed E-state index contributed by atoms with van der Waals surface area (Å²) in [5.74, 6) is -1.20. The van der Waals surface area contributed by atoms with Gasteiger partial charge in [-0.15, -0.1) is 0 Å². The first-order valence-electron chi connectivity index (χ1n) is 7.06. The molecule has 1 unspecified atom stereocenters. The molecule has 4 N–H and O–H groups in total. The van der Waals surface area contributed by atoms with Gasteiger partial charge in [0.05, 0.1) is 17.9 Å². The van der Waals surface area contributed by atoms with Gasteiger partial charge >= 0.3 is 5.97 Å². The number of hydrogen-bond donors (Lipinski definition) is 4. The number of aliphatic hydroxyl groups excluding tert-OH is 1. The van der Waals surface area contributed by atoms with Gasteiger partial charge in [-0.05, 0) is 31.5 Å². The normalized spacial score (nSPS) is 12.9. The Hall–Kier alpha value is -1.64. The molecule has 0 aliphatic rings. The lowest BCUT2D eigenvalue weighted by atomic mass is 10.2. The van der Waals surface area contributed by atoms with Gasteiger partial charge in [-0.25, -0.2) is 17.9 Å². The molecule has 0 heterocycles. The van der Waals surface area contributed by atoms with E-state index in [1.165, 1.54) is 12.1 Å². The van der Waals surface area contributed by atoms with Crippen LogP contribution in [0, 0.1) is 0 Å². The maximum Gasteiger partial charge on any atom is 0.335 e. The number of anilines is 1. The van der Waals surface area contributed by atoms with E-state index >= 15 is 0 Å². The van der Waals surface area contributed by atoms with E-state index in [1.54, 1.807) is 6.92 Å². The molecule has 7 nitrogen and oxygen atoms in total. The molecule has 1 atom stereocenters. The van der Waals surface area contributed by atoms with E-state index in [9.17, 15) is 13.2 Å². The van der Waals surface area contributed by atoms with Crippen molar-refractivity contribution in [2.45, 2.75) is 37.6 Å². The van der Waals surface area contributed by atoms with Crippen LogP contribution in [0.1, 0.15) is 37.0 Å². The van der Waals surface area contributed by atoms with Crippen molar-refractivity contribution in [1.82, 2.24) is 4.72 Å². The van der Waals surface area contributed by atoms with Crippen molar-refractivity contribution in [3.05, 3.63) is 23.8 Å². The summed E-state index contributed by atoms with van der Waals surface area (Å²) in [4.78, 5) is 10.9. The Morgan fingerprint density at radius 1 is 1.36 bits per heavy atom. The predicted molar refractivity (Wildman–Crippen MR) is 83.7 cm³/mol. The number of rotatable bonds is 9. The van der Waals surface area contributed by atoms with Crippen LogP contribution < -0.4 is 10.0 Å². The van der Waals surface area contributed by atoms with Gasteiger partial charge in [0, 0.05) is 12.6 Å². The average molecular weight is 330 g/mol. The van der Waals surface area contributed by atoms with Crippen LogP contribution in [0.4, 0.5) is 5.69 Å². The van der Waals surface area contributed by atoms with Crippen molar-refractivity contribution in [2.75, 3.05) is 18.5 Å². The molecule has 1 aromatic carbocycles. The second-order valence-corrected chi connectivity index (χ2v) is 6.66. The molecule has 8 heteroatoms. The van der Waals surface area contributed by atoms with Crippen molar-refractivity contribution >= 4 is 21.7 Å². The third-order valence-corrected chi connectivity index (χ3v) is 4.65. The highest BCUT2D eigenvalue weighted by Crippen LogP contribution is 2.23. The molecule has 1 aromatic rings. The SMILES string of the molecule is CCCC(C)NS(=O)(=O)c1cc(C(=O)O)ccc1NCCO. The van der Waals surface area contributed by atoms with E-state index in [-0.39, 0.29) is 35.3 Å². The quantitative estimate of drug-likeness (QED) is 0.542. The molecule has 0 saturated carbocycles. The Labute approximate surface area is 130 Å². The molecule has 0 fully saturated rings. The summed E-state index contributed by atoms with van der Waals surface area (Å²) in [5, 5.41) is 20.7. The number of nitrogens with one attached hydrogen (secondary N) is 2. The van der Waals surface area contributed by atoms with Gasteiger partial charge in [0.2, 0.25) is 10.0 Å². The third-order valence-electron chi connectivity index (χ3n) is 3.02. The minimum absolute atomic E-state index is 0.113. The van der Waals surface area contributed by atoms with E-state index in [0.717, 1.165) is 12.5 Å². The smallest absolute Gasteiger partial charge is 0.335 e. The molecule has 0 spiro atoms. The molecule has 0 saturated heterocycles. The summed E-state index contributed by atoms with van der Waals surface area (Å²) in [5.41, 5.74) is 0.147. The summed E-state index contributed by atoms with van der Waals surface area (Å²) in [6, 6.07) is 3.56. The number of aromatic carboxylic acids is 1. The van der Waals surface area contributed by atoms with Crippen molar-refractivity contribution < 1.29 is 23.4 Å². The van der Waals surface area contributed by atoms with Crippen LogP contribution in [-0.2, 0) is 10.0 Å². The Bertz CT molecular complexity index is 616. The van der Waals surface area contributed by atoms with Crippen LogP contribution >= 0.6 is 0 Å². The fourth-order valence-electron chi connectivity index (χ4n) is 2.03. The number of sulfonamides is 1. The van der Waals surface area contributed by atoms with Crippen molar-refractivity contribution in [2.24, 2.45) is 0 Å². The summed E-state index contributed by atoms with van der Waals surface area (Å²) in [7, 11) is -3.86. The van der Waals surface area contributed by atoms with E-state index in [0.29, 0.717) is 6.42 Å². The van der Waals surface area contributed by atoms with Crippen LogP contribution in [0.2, 0.25) is 0 Å². The first-order valence-corrected chi connectivity index (χ1v) is 8.54. The Morgan fingerprint density at radius 2 is 2.05 bits per heavy atom. The molecular formula is C14H22N2O5S. The number of hydrogen-bond acceptors (Lipinski definition) is 5. The average Bonchev–Trinajstić information content (AvgIpc) is 2.44. The first kappa shape index (κ1) is 18.4. The zero-order chi connectivity index (χ0) is 16.8. The molecule has 1 rings (SSSR count). The van der Waals surface area contributed by atoms with E-state index in [2.05, 4.69) is 10.0 Å². The zero-order valence-corrected chi connectivity index (χ0v) is 13.5. The van der Waals surface area contributed by atoms with Gasteiger partial charge in [0.25, 0.3) is 0 Å². The van der Waals surface area contributed by atoms with Gasteiger partial charge in [-0.1, -0.05) is 13.3 Å². The van der Waals surface area contributed by atoms with Crippen molar-refractivity contribution in [1.29, 1.82) is 0 Å². The van der Waals surface area contributed by atoms with Gasteiger partial charge in [0.1, 0.15) is 4.90 Å². The number of carboxylic acids is 1. The minimum Gasteiger partial charge on any atom is -0.478 e. The monoisotopic (exact) mass is 330 g/mol. The fourth-order valence-corrected chi connectivity index (χ4v) is 3.52. The van der Waals surface area contributed by atoms with E-state index < -0.39 is 16.0 Å². The van der Waals surface area contributed by atoms with Crippen LogP contribution in [0.3, 0.4) is 0 Å². The van der Waals surface area contributed by atoms with E-state index in [4.69, 9.17) is 10.2 Å². The van der Waals surface area contributed by atoms with E-state index in [1.807, 2.05) is 6.92 Å². The molecule has 124 valence electrons. The molecule has 0 aliphatic carbocycles. The van der Waals surface area contributed by atoms with Gasteiger partial charge in [0.15, 0.2) is 0 Å². The molecular weight excluding hydrogens is 308 g/mol. The first-order chi connectivity index (χ1) is 10.3. The maximum absolute atomic E-state index is 12.5. The second-order valence-electron chi connectivity index (χ2n) is 4.98. The highest BCUT2D eigenvalue weighted by atomic mass is 32.2. The Morgan fingerprint density at radius 3 is 2.59 bits per heavy atom. The molecule has 22 heavy (non-hydrogen) atoms. The predicted octanol–water partition coefficient (Wildman–Crippen LogP) is 1.26. The second kappa shape index (κ2) is 8.11. The summed E-state index contributed by atoms with van der Waals surface area (Å²) < 4.78 is 27.5. The fraction of sp³-hybridized carbons (Fsp3) is 0.500. The molecule has 0 aliphatic heterocycles. The minimum atomic E-state index is -3.86. The molecule has 0 aromatic heterocycles. The highest BCUT2D eigenvalue weighted by Gasteiger charge is 2.22. The van der Waals surface area contributed by atoms with Crippen LogP contribution in [0.15, 0.2) is 23.1 Å². The van der Waals surface area contributed by atoms with Crippen LogP contribution in [-0.4, -0.2) is 43.8 Å². The third kappa shape index (κ3) is 4.97. The lowest BCUT2D eigenvalue weighted by Crippen LogP contribution is -2.33. The highest BCUT2D eigenvalue weighted by molar-refractivity contribution is 7.89. The number of carboxylic acid groups (broad SMARTS) is 1. The van der Waals surface area contributed by atoms with Crippen LogP contribution in [0.25, 0.3) is 0 Å². The Kier molecular flexibility index (Phi) is 6.79. The summed E-state index contributed by atoms with van der Waals surface area (Å²) >= 11 is 0. The van der Waals surface area contributed by atoms with Crippen LogP contribution in [0.5, 0.6) is 0 Å². The summed E-state index contributed by atoms with van der Waals surface area (Å²) in [6.45, 7) is 3.70.